The van der Waals surface area contributed by atoms with E-state index < -0.39 is 11.2 Å². The number of nitrogens with zero attached hydrogens (tertiary/aromatic N) is 6. The van der Waals surface area contributed by atoms with Crippen LogP contribution in [0.15, 0.2) is 40.3 Å². The maximum absolute atomic E-state index is 13.1. The summed E-state index contributed by atoms with van der Waals surface area (Å²) in [6.07, 6.45) is 5.84. The number of hydrogen-bond acceptors (Lipinski definition) is 9. The molecule has 0 bridgehead atoms. The van der Waals surface area contributed by atoms with E-state index in [9.17, 15) is 19.2 Å². The summed E-state index contributed by atoms with van der Waals surface area (Å²) >= 11 is 0. The second kappa shape index (κ2) is 9.97. The summed E-state index contributed by atoms with van der Waals surface area (Å²) in [5.74, 6) is 0.281. The second-order valence-electron chi connectivity index (χ2n) is 9.03. The van der Waals surface area contributed by atoms with Gasteiger partial charge in [0.2, 0.25) is 5.91 Å². The van der Waals surface area contributed by atoms with Crippen molar-refractivity contribution in [3.8, 4) is 11.3 Å². The van der Waals surface area contributed by atoms with Gasteiger partial charge in [0.15, 0.2) is 0 Å². The molecule has 4 aromatic rings. The van der Waals surface area contributed by atoms with Crippen molar-refractivity contribution in [3.63, 3.8) is 0 Å². The van der Waals surface area contributed by atoms with E-state index in [0.717, 1.165) is 0 Å². The number of carbonyl (C=O) groups is 2. The van der Waals surface area contributed by atoms with E-state index in [1.165, 1.54) is 20.2 Å². The lowest BCUT2D eigenvalue weighted by atomic mass is 10.0. The Bertz CT molecular complexity index is 1620. The Hall–Kier alpha value is -4.32. The Morgan fingerprint density at radius 1 is 1.08 bits per heavy atom. The Labute approximate surface area is 210 Å². The first-order valence-electron chi connectivity index (χ1n) is 11.9. The van der Waals surface area contributed by atoms with Crippen molar-refractivity contribution in [2.45, 2.75) is 32.2 Å². The number of Topliss-reactive ketones (excluding diaryl/α,β-unsaturated/α-hetero) is 1. The smallest absolute Gasteiger partial charge is 0.329 e. The molecule has 0 spiro atoms. The van der Waals surface area contributed by atoms with Gasteiger partial charge in [-0.25, -0.2) is 19.7 Å². The third-order valence-corrected chi connectivity index (χ3v) is 6.47. The van der Waals surface area contributed by atoms with Crippen molar-refractivity contribution in [1.29, 1.82) is 0 Å². The van der Waals surface area contributed by atoms with Gasteiger partial charge >= 0.3 is 5.69 Å². The maximum Gasteiger partial charge on any atom is 0.329 e. The molecule has 0 unspecified atom stereocenters. The van der Waals surface area contributed by atoms with Crippen molar-refractivity contribution in [2.24, 2.45) is 0 Å². The fourth-order valence-corrected chi connectivity index (χ4v) is 4.69. The molecule has 0 aliphatic carbocycles. The number of pyridine rings is 2. The number of aromatic nitrogens is 6. The van der Waals surface area contributed by atoms with Crippen LogP contribution in [0.2, 0.25) is 0 Å². The molecule has 1 N–H and O–H groups in total. The number of fused-ring (bicyclic) bond motifs is 3. The Morgan fingerprint density at radius 3 is 2.49 bits per heavy atom. The van der Waals surface area contributed by atoms with Crippen LogP contribution in [0.25, 0.3) is 33.2 Å². The minimum atomic E-state index is -0.539. The third-order valence-electron chi connectivity index (χ3n) is 6.47. The van der Waals surface area contributed by atoms with Crippen LogP contribution >= 0.6 is 0 Å². The molecule has 37 heavy (non-hydrogen) atoms. The predicted molar refractivity (Wildman–Crippen MR) is 134 cm³/mol. The number of nitrogens with one attached hydrogen (secondary N) is 1. The standard InChI is InChI=1S/C25H25N7O5/c1-14(33)9-20-27-10-15(11-28-20)18-3-4-19-22(29-18)23-17(12-26-19)24(35)30-25(36)32(23)16-5-7-31(8-6-16)21(34)13-37-2/h3-4,10-12,16H,5-9,13H2,1-2H3,(H,30,35,36). The van der Waals surface area contributed by atoms with Gasteiger partial charge in [-0.15, -0.1) is 0 Å². The molecule has 1 saturated heterocycles. The first-order chi connectivity index (χ1) is 17.9. The number of H-pyrrole nitrogens is 1. The highest BCUT2D eigenvalue weighted by molar-refractivity contribution is 6.01. The lowest BCUT2D eigenvalue weighted by molar-refractivity contribution is -0.136. The minimum absolute atomic E-state index is 0.00858. The first-order valence-corrected chi connectivity index (χ1v) is 11.9. The van der Waals surface area contributed by atoms with Crippen molar-refractivity contribution in [2.75, 3.05) is 26.8 Å². The monoisotopic (exact) mass is 503 g/mol. The molecule has 0 atom stereocenters. The molecule has 1 aliphatic rings. The summed E-state index contributed by atoms with van der Waals surface area (Å²) in [5, 5.41) is 0.252. The van der Waals surface area contributed by atoms with Crippen LogP contribution in [0.5, 0.6) is 0 Å². The number of carbonyl (C=O) groups excluding carboxylic acids is 2. The van der Waals surface area contributed by atoms with E-state index in [1.807, 2.05) is 0 Å². The van der Waals surface area contributed by atoms with Crippen LogP contribution in [-0.4, -0.2) is 72.9 Å². The van der Waals surface area contributed by atoms with Gasteiger partial charge in [0.1, 0.15) is 23.7 Å². The molecule has 1 fully saturated rings. The lowest BCUT2D eigenvalue weighted by Crippen LogP contribution is -2.43. The van der Waals surface area contributed by atoms with Gasteiger partial charge in [0, 0.05) is 50.4 Å². The van der Waals surface area contributed by atoms with E-state index in [-0.39, 0.29) is 36.1 Å². The topological polar surface area (TPSA) is 153 Å². The van der Waals surface area contributed by atoms with Gasteiger partial charge < -0.3 is 9.64 Å². The lowest BCUT2D eigenvalue weighted by Gasteiger charge is -2.33. The fourth-order valence-electron chi connectivity index (χ4n) is 4.69. The molecule has 12 nitrogen and oxygen atoms in total. The average molecular weight is 504 g/mol. The highest BCUT2D eigenvalue weighted by Crippen LogP contribution is 2.28. The quantitative estimate of drug-likeness (QED) is 0.380. The Balaban J connectivity index is 1.60. The molecule has 12 heteroatoms. The van der Waals surface area contributed by atoms with E-state index in [0.29, 0.717) is 59.6 Å². The average Bonchev–Trinajstić information content (AvgIpc) is 2.89. The SMILES string of the molecule is COCC(=O)N1CCC(n2c(=O)[nH]c(=O)c3cnc4ccc(-c5cnc(CC(C)=O)nc5)nc4c32)CC1. The highest BCUT2D eigenvalue weighted by Gasteiger charge is 2.27. The maximum atomic E-state index is 13.1. The summed E-state index contributed by atoms with van der Waals surface area (Å²) in [6.45, 7) is 2.41. The second-order valence-corrected chi connectivity index (χ2v) is 9.03. The van der Waals surface area contributed by atoms with E-state index in [2.05, 4.69) is 19.9 Å². The minimum Gasteiger partial charge on any atom is -0.375 e. The number of amides is 1. The number of methoxy groups -OCH3 is 1. The fraction of sp³-hybridized carbons (Fsp3) is 0.360. The molecule has 0 aromatic carbocycles. The van der Waals surface area contributed by atoms with Crippen molar-refractivity contribution >= 4 is 33.6 Å². The zero-order chi connectivity index (χ0) is 26.1. The van der Waals surface area contributed by atoms with Gasteiger partial charge in [0.25, 0.3) is 5.56 Å². The zero-order valence-electron chi connectivity index (χ0n) is 20.4. The van der Waals surface area contributed by atoms with Crippen molar-refractivity contribution in [1.82, 2.24) is 34.4 Å². The van der Waals surface area contributed by atoms with Crippen LogP contribution in [0.3, 0.4) is 0 Å². The molecule has 5 rings (SSSR count). The van der Waals surface area contributed by atoms with E-state index in [1.54, 1.807) is 34.0 Å². The molecule has 1 amide bonds. The van der Waals surface area contributed by atoms with Crippen LogP contribution in [0.4, 0.5) is 0 Å². The number of ether oxygens (including phenoxy) is 1. The number of piperidine rings is 1. The van der Waals surface area contributed by atoms with Crippen LogP contribution in [0, 0.1) is 0 Å². The molecule has 0 radical (unpaired) electrons. The summed E-state index contributed by atoms with van der Waals surface area (Å²) in [5.41, 5.74) is 1.42. The molecule has 0 saturated carbocycles. The van der Waals surface area contributed by atoms with Gasteiger partial charge in [-0.1, -0.05) is 0 Å². The first kappa shape index (κ1) is 24.4. The van der Waals surface area contributed by atoms with Gasteiger partial charge in [-0.2, -0.15) is 0 Å². The third kappa shape index (κ3) is 4.75. The summed E-state index contributed by atoms with van der Waals surface area (Å²) in [6, 6.07) is 3.28. The number of hydrogen-bond donors (Lipinski definition) is 1. The number of likely N-dealkylation sites (tertiary alicyclic amines) is 1. The van der Waals surface area contributed by atoms with Crippen molar-refractivity contribution < 1.29 is 14.3 Å². The van der Waals surface area contributed by atoms with Crippen LogP contribution in [-0.2, 0) is 20.7 Å². The largest absolute Gasteiger partial charge is 0.375 e. The van der Waals surface area contributed by atoms with E-state index in [4.69, 9.17) is 9.72 Å². The summed E-state index contributed by atoms with van der Waals surface area (Å²) in [4.78, 5) is 71.2. The van der Waals surface area contributed by atoms with Crippen LogP contribution in [0.1, 0.15) is 31.6 Å². The molecule has 190 valence electrons. The Morgan fingerprint density at radius 2 is 1.81 bits per heavy atom. The van der Waals surface area contributed by atoms with Gasteiger partial charge in [0.05, 0.1) is 28.5 Å². The number of ketones is 1. The Kier molecular flexibility index (Phi) is 6.57. The van der Waals surface area contributed by atoms with Gasteiger partial charge in [-0.05, 0) is 31.9 Å². The number of aromatic amines is 1. The van der Waals surface area contributed by atoms with Gasteiger partial charge in [-0.3, -0.25) is 28.9 Å². The summed E-state index contributed by atoms with van der Waals surface area (Å²) in [7, 11) is 1.48. The van der Waals surface area contributed by atoms with E-state index >= 15 is 0 Å². The highest BCUT2D eigenvalue weighted by atomic mass is 16.5. The number of rotatable bonds is 6. The molecule has 4 aromatic heterocycles. The molecule has 5 heterocycles. The molecular formula is C25H25N7O5. The molecular weight excluding hydrogens is 478 g/mol. The predicted octanol–water partition coefficient (Wildman–Crippen LogP) is 1.03. The zero-order valence-corrected chi connectivity index (χ0v) is 20.4. The molecule has 1 aliphatic heterocycles. The van der Waals surface area contributed by atoms with Crippen LogP contribution < -0.4 is 11.2 Å². The summed E-state index contributed by atoms with van der Waals surface area (Å²) < 4.78 is 6.52. The normalized spacial score (nSPS) is 14.4. The van der Waals surface area contributed by atoms with Crippen molar-refractivity contribution in [3.05, 3.63) is 57.4 Å².